The Kier molecular flexibility index (Phi) is 12.4. The maximum absolute atomic E-state index is 11.9. The molecule has 0 spiro atoms. The summed E-state index contributed by atoms with van der Waals surface area (Å²) in [7, 11) is 0. The van der Waals surface area contributed by atoms with Crippen LogP contribution >= 0.6 is 0 Å². The van der Waals surface area contributed by atoms with Crippen LogP contribution in [-0.2, 0) is 4.74 Å². The Labute approximate surface area is 193 Å². The van der Waals surface area contributed by atoms with Crippen molar-refractivity contribution in [3.63, 3.8) is 0 Å². The molecule has 2 amide bonds. The number of hydrogen-bond donors (Lipinski definition) is 3. The predicted molar refractivity (Wildman–Crippen MR) is 125 cm³/mol. The fourth-order valence-corrected chi connectivity index (χ4v) is 4.10. The highest BCUT2D eigenvalue weighted by Gasteiger charge is 2.26. The van der Waals surface area contributed by atoms with Gasteiger partial charge in [-0.25, -0.2) is 9.59 Å². The largest absolute Gasteiger partial charge is 0.465 e. The van der Waals surface area contributed by atoms with Gasteiger partial charge in [-0.15, -0.1) is 0 Å². The molecule has 32 heavy (non-hydrogen) atoms. The van der Waals surface area contributed by atoms with Gasteiger partial charge in [-0.1, -0.05) is 0 Å². The van der Waals surface area contributed by atoms with E-state index in [1.165, 1.54) is 4.90 Å². The number of likely N-dealkylation sites (tertiary alicyclic amines) is 2. The molecule has 2 saturated heterocycles. The second kappa shape index (κ2) is 13.9. The van der Waals surface area contributed by atoms with Crippen LogP contribution in [0.3, 0.4) is 0 Å². The van der Waals surface area contributed by atoms with Crippen molar-refractivity contribution in [3.8, 4) is 0 Å². The van der Waals surface area contributed by atoms with E-state index in [0.717, 1.165) is 64.5 Å². The van der Waals surface area contributed by atoms with Crippen LogP contribution in [0.15, 0.2) is 0 Å². The predicted octanol–water partition coefficient (Wildman–Crippen LogP) is 4.33. The number of ether oxygens (including phenoxy) is 1. The highest BCUT2D eigenvalue weighted by Crippen LogP contribution is 2.24. The van der Waals surface area contributed by atoms with E-state index in [9.17, 15) is 14.7 Å². The molecule has 188 valence electrons. The minimum Gasteiger partial charge on any atom is -0.465 e. The molecule has 8 nitrogen and oxygen atoms in total. The van der Waals surface area contributed by atoms with E-state index in [1.807, 2.05) is 27.7 Å². The van der Waals surface area contributed by atoms with Crippen LogP contribution < -0.4 is 0 Å². The molecule has 2 fully saturated rings. The number of nitrogens with zero attached hydrogens (tertiary/aromatic N) is 2. The lowest BCUT2D eigenvalue weighted by molar-refractivity contribution is 0.0175. The summed E-state index contributed by atoms with van der Waals surface area (Å²) in [5.74, 6) is 1.23. The van der Waals surface area contributed by atoms with E-state index in [-0.39, 0.29) is 18.3 Å². The van der Waals surface area contributed by atoms with Gasteiger partial charge in [-0.05, 0) is 97.8 Å². The first-order valence-electron chi connectivity index (χ1n) is 12.2. The average molecular weight is 459 g/mol. The average Bonchev–Trinajstić information content (AvgIpc) is 2.70. The Morgan fingerprint density at radius 3 is 1.53 bits per heavy atom. The molecule has 0 aromatic carbocycles. The summed E-state index contributed by atoms with van der Waals surface area (Å²) in [6.45, 7) is 12.2. The first-order valence-corrected chi connectivity index (χ1v) is 12.2. The van der Waals surface area contributed by atoms with E-state index >= 15 is 0 Å². The van der Waals surface area contributed by atoms with Gasteiger partial charge in [0.25, 0.3) is 0 Å². The Balaban J connectivity index is 0.000000330. The zero-order valence-corrected chi connectivity index (χ0v) is 20.8. The van der Waals surface area contributed by atoms with Crippen LogP contribution in [0.1, 0.15) is 86.0 Å². The SMILES string of the molecule is CC(O)CCC1CCN(C(=O)O)CC1.CC(O)CCC1CCN(C(=O)OC(C)(C)C)CC1. The van der Waals surface area contributed by atoms with Crippen molar-refractivity contribution in [2.75, 3.05) is 26.2 Å². The maximum Gasteiger partial charge on any atom is 0.410 e. The van der Waals surface area contributed by atoms with Crippen molar-refractivity contribution >= 4 is 12.2 Å². The third kappa shape index (κ3) is 12.5. The molecule has 0 saturated carbocycles. The quantitative estimate of drug-likeness (QED) is 0.546. The molecule has 8 heteroatoms. The van der Waals surface area contributed by atoms with Crippen LogP contribution in [0.5, 0.6) is 0 Å². The summed E-state index contributed by atoms with van der Waals surface area (Å²) in [5.41, 5.74) is -0.416. The number of rotatable bonds is 6. The zero-order chi connectivity index (χ0) is 24.3. The van der Waals surface area contributed by atoms with Crippen LogP contribution in [0.25, 0.3) is 0 Å². The standard InChI is InChI=1S/C14H27NO3.C10H19NO3/c1-11(16)5-6-12-7-9-15(10-8-12)13(17)18-14(2,3)4;1-8(12)2-3-9-4-6-11(7-5-9)10(13)14/h11-12,16H,5-10H2,1-4H3;8-9,12H,2-7H2,1H3,(H,13,14). The highest BCUT2D eigenvalue weighted by molar-refractivity contribution is 5.68. The lowest BCUT2D eigenvalue weighted by Crippen LogP contribution is -2.41. The van der Waals surface area contributed by atoms with Gasteiger partial charge in [-0.2, -0.15) is 0 Å². The molecule has 0 aromatic rings. The third-order valence-electron chi connectivity index (χ3n) is 6.14. The minimum atomic E-state index is -0.807. The number of aliphatic hydroxyl groups excluding tert-OH is 2. The second-order valence-corrected chi connectivity index (χ2v) is 10.5. The third-order valence-corrected chi connectivity index (χ3v) is 6.14. The zero-order valence-electron chi connectivity index (χ0n) is 20.8. The fraction of sp³-hybridized carbons (Fsp3) is 0.917. The number of carbonyl (C=O) groups excluding carboxylic acids is 1. The fourth-order valence-electron chi connectivity index (χ4n) is 4.10. The van der Waals surface area contributed by atoms with Crippen molar-refractivity contribution < 1.29 is 29.6 Å². The number of hydrogen-bond acceptors (Lipinski definition) is 5. The lowest BCUT2D eigenvalue weighted by Gasteiger charge is -2.33. The minimum absolute atomic E-state index is 0.198. The molecular weight excluding hydrogens is 412 g/mol. The Morgan fingerprint density at radius 1 is 0.844 bits per heavy atom. The summed E-state index contributed by atoms with van der Waals surface area (Å²) in [6, 6.07) is 0. The van der Waals surface area contributed by atoms with Crippen LogP contribution in [0, 0.1) is 11.8 Å². The molecule has 0 radical (unpaired) electrons. The summed E-state index contributed by atoms with van der Waals surface area (Å²) in [6.07, 6.45) is 6.24. The molecular formula is C24H46N2O6. The molecule has 0 bridgehead atoms. The van der Waals surface area contributed by atoms with Gasteiger partial charge >= 0.3 is 12.2 Å². The van der Waals surface area contributed by atoms with E-state index in [0.29, 0.717) is 24.9 Å². The summed E-state index contributed by atoms with van der Waals surface area (Å²) in [4.78, 5) is 25.7. The van der Waals surface area contributed by atoms with Gasteiger partial charge in [-0.3, -0.25) is 0 Å². The molecule has 3 N–H and O–H groups in total. The number of aliphatic hydroxyl groups is 2. The van der Waals surface area contributed by atoms with E-state index in [4.69, 9.17) is 14.9 Å². The topological polar surface area (TPSA) is 111 Å². The van der Waals surface area contributed by atoms with Gasteiger partial charge in [0.15, 0.2) is 0 Å². The number of piperidine rings is 2. The number of carbonyl (C=O) groups is 2. The summed E-state index contributed by atoms with van der Waals surface area (Å²) < 4.78 is 5.36. The molecule has 0 aliphatic carbocycles. The van der Waals surface area contributed by atoms with Gasteiger partial charge in [0, 0.05) is 26.2 Å². The van der Waals surface area contributed by atoms with Crippen molar-refractivity contribution in [3.05, 3.63) is 0 Å². The van der Waals surface area contributed by atoms with Gasteiger partial charge < -0.3 is 29.9 Å². The number of amides is 2. The van der Waals surface area contributed by atoms with Crippen LogP contribution in [0.4, 0.5) is 9.59 Å². The summed E-state index contributed by atoms with van der Waals surface area (Å²) in [5, 5.41) is 27.1. The van der Waals surface area contributed by atoms with Crippen LogP contribution in [-0.4, -0.2) is 81.3 Å². The van der Waals surface area contributed by atoms with Gasteiger partial charge in [0.2, 0.25) is 0 Å². The lowest BCUT2D eigenvalue weighted by atomic mass is 9.91. The molecule has 2 unspecified atom stereocenters. The molecule has 2 aliphatic rings. The van der Waals surface area contributed by atoms with E-state index in [1.54, 1.807) is 11.8 Å². The Hall–Kier alpha value is -1.54. The Bertz CT molecular complexity index is 545. The maximum atomic E-state index is 11.9. The molecule has 2 aliphatic heterocycles. The van der Waals surface area contributed by atoms with Crippen molar-refractivity contribution in [2.45, 2.75) is 104 Å². The smallest absolute Gasteiger partial charge is 0.410 e. The van der Waals surface area contributed by atoms with E-state index in [2.05, 4.69) is 0 Å². The van der Waals surface area contributed by atoms with E-state index < -0.39 is 11.7 Å². The number of carboxylic acid groups (broad SMARTS) is 1. The van der Waals surface area contributed by atoms with Gasteiger partial charge in [0.1, 0.15) is 5.60 Å². The molecule has 2 rings (SSSR count). The van der Waals surface area contributed by atoms with Gasteiger partial charge in [0.05, 0.1) is 12.2 Å². The van der Waals surface area contributed by atoms with Crippen molar-refractivity contribution in [2.24, 2.45) is 11.8 Å². The molecule has 2 heterocycles. The summed E-state index contributed by atoms with van der Waals surface area (Å²) >= 11 is 0. The van der Waals surface area contributed by atoms with Crippen molar-refractivity contribution in [1.29, 1.82) is 0 Å². The monoisotopic (exact) mass is 458 g/mol. The van der Waals surface area contributed by atoms with Crippen LogP contribution in [0.2, 0.25) is 0 Å². The van der Waals surface area contributed by atoms with Crippen molar-refractivity contribution in [1.82, 2.24) is 9.80 Å². The molecule has 2 atom stereocenters. The first kappa shape index (κ1) is 28.5. The second-order valence-electron chi connectivity index (χ2n) is 10.5. The first-order chi connectivity index (χ1) is 14.9. The highest BCUT2D eigenvalue weighted by atomic mass is 16.6. The normalized spacial score (nSPS) is 20.2. The molecule has 0 aromatic heterocycles. The Morgan fingerprint density at radius 2 is 1.22 bits per heavy atom.